The minimum atomic E-state index is -4.96. The third kappa shape index (κ3) is 12.4. The number of carbonyl (C=O) groups excluding carboxylic acids is 3. The maximum absolute atomic E-state index is 13.1. The van der Waals surface area contributed by atoms with E-state index in [1.807, 2.05) is 0 Å². The van der Waals surface area contributed by atoms with Crippen molar-refractivity contribution in [1.82, 2.24) is 0 Å². The van der Waals surface area contributed by atoms with Crippen LogP contribution < -0.4 is 16.0 Å². The number of hydrogen-bond acceptors (Lipinski definition) is 7. The molecule has 5 N–H and O–H groups in total. The summed E-state index contributed by atoms with van der Waals surface area (Å²) in [5.41, 5.74) is -0.839. The fourth-order valence-electron chi connectivity index (χ4n) is 4.33. The van der Waals surface area contributed by atoms with Crippen molar-refractivity contribution in [2.24, 2.45) is 0 Å². The third-order valence-corrected chi connectivity index (χ3v) is 8.38. The lowest BCUT2D eigenvalue weighted by Crippen LogP contribution is -2.19. The Morgan fingerprint density at radius 2 is 1.05 bits per heavy atom. The highest BCUT2D eigenvalue weighted by molar-refractivity contribution is 7.86. The molecule has 14 heteroatoms. The summed E-state index contributed by atoms with van der Waals surface area (Å²) in [6.07, 6.45) is 9.73. The van der Waals surface area contributed by atoms with E-state index in [4.69, 9.17) is 0 Å². The molecule has 2 aromatic rings. The summed E-state index contributed by atoms with van der Waals surface area (Å²) in [4.78, 5) is 36.0. The van der Waals surface area contributed by atoms with Crippen molar-refractivity contribution in [2.45, 2.75) is 101 Å². The summed E-state index contributed by atoms with van der Waals surface area (Å²) >= 11 is 0. The molecule has 3 amide bonds. The number of carbonyl (C=O) groups is 3. The second-order valence-corrected chi connectivity index (χ2v) is 13.0. The number of nitrogens with one attached hydrogen (secondary N) is 3. The predicted molar refractivity (Wildman–Crippen MR) is 164 cm³/mol. The lowest BCUT2D eigenvalue weighted by atomic mass is 10.1. The van der Waals surface area contributed by atoms with E-state index in [0.717, 1.165) is 75.6 Å². The van der Waals surface area contributed by atoms with Crippen LogP contribution in [-0.2, 0) is 29.8 Å². The molecule has 0 saturated heterocycles. The molecule has 0 aliphatic carbocycles. The molecule has 0 aromatic heterocycles. The van der Waals surface area contributed by atoms with E-state index < -0.39 is 47.2 Å². The van der Waals surface area contributed by atoms with Gasteiger partial charge in [-0.25, -0.2) is 0 Å². The lowest BCUT2D eigenvalue weighted by Gasteiger charge is -2.14. The van der Waals surface area contributed by atoms with Gasteiger partial charge in [-0.15, -0.1) is 0 Å². The summed E-state index contributed by atoms with van der Waals surface area (Å²) < 4.78 is 68.0. The van der Waals surface area contributed by atoms with E-state index in [0.29, 0.717) is 12.8 Å². The molecule has 238 valence electrons. The summed E-state index contributed by atoms with van der Waals surface area (Å²) in [6, 6.07) is 6.64. The van der Waals surface area contributed by atoms with Gasteiger partial charge in [0.25, 0.3) is 26.1 Å². The molecule has 0 spiro atoms. The first kappa shape index (κ1) is 35.9. The van der Waals surface area contributed by atoms with Gasteiger partial charge in [0.05, 0.1) is 11.3 Å². The first-order valence-corrected chi connectivity index (χ1v) is 17.3. The van der Waals surface area contributed by atoms with Crippen LogP contribution in [0.1, 0.15) is 101 Å². The van der Waals surface area contributed by atoms with Crippen LogP contribution in [0.15, 0.2) is 46.2 Å². The smallest absolute Gasteiger partial charge is 0.296 e. The summed E-state index contributed by atoms with van der Waals surface area (Å²) in [7, 11) is -9.86. The Balaban J connectivity index is 2.21. The molecule has 0 fully saturated rings. The van der Waals surface area contributed by atoms with Gasteiger partial charge >= 0.3 is 0 Å². The van der Waals surface area contributed by atoms with Gasteiger partial charge in [0.1, 0.15) is 9.79 Å². The Kier molecular flexibility index (Phi) is 14.3. The summed E-state index contributed by atoms with van der Waals surface area (Å²) in [6.45, 7) is 4.15. The Morgan fingerprint density at radius 3 is 1.51 bits per heavy atom. The maximum Gasteiger partial charge on any atom is 0.296 e. The van der Waals surface area contributed by atoms with Crippen LogP contribution in [0.25, 0.3) is 0 Å². The number of amides is 3. The first-order chi connectivity index (χ1) is 20.3. The van der Waals surface area contributed by atoms with E-state index >= 15 is 0 Å². The van der Waals surface area contributed by atoms with Gasteiger partial charge in [-0.3, -0.25) is 23.5 Å². The van der Waals surface area contributed by atoms with Crippen molar-refractivity contribution < 1.29 is 40.3 Å². The van der Waals surface area contributed by atoms with E-state index in [1.54, 1.807) is 0 Å². The molecule has 0 radical (unpaired) electrons. The van der Waals surface area contributed by atoms with Crippen molar-refractivity contribution in [3.63, 3.8) is 0 Å². The van der Waals surface area contributed by atoms with Crippen molar-refractivity contribution >= 4 is 55.0 Å². The number of rotatable bonds is 18. The Labute approximate surface area is 253 Å². The SMILES string of the molecule is CCCCCCCC(=O)Nc1ccc(NC(=O)c2ccc(NC(=O)CCCCCCC)cc2S(=O)(=O)O)c(S(=O)(=O)O)c1. The molecule has 43 heavy (non-hydrogen) atoms. The molecule has 0 atom stereocenters. The summed E-state index contributed by atoms with van der Waals surface area (Å²) in [5.74, 6) is -1.83. The van der Waals surface area contributed by atoms with E-state index in [9.17, 15) is 40.3 Å². The number of unbranched alkanes of at least 4 members (excludes halogenated alkanes) is 8. The quantitative estimate of drug-likeness (QED) is 0.0955. The third-order valence-electron chi connectivity index (χ3n) is 6.59. The Morgan fingerprint density at radius 1 is 0.605 bits per heavy atom. The zero-order chi connectivity index (χ0) is 32.0. The van der Waals surface area contributed by atoms with Gasteiger partial charge in [-0.1, -0.05) is 65.2 Å². The normalized spacial score (nSPS) is 11.6. The molecule has 0 bridgehead atoms. The molecule has 0 heterocycles. The maximum atomic E-state index is 13.1. The molecule has 0 saturated carbocycles. The van der Waals surface area contributed by atoms with Crippen LogP contribution in [0.3, 0.4) is 0 Å². The molecular weight excluding hydrogens is 598 g/mol. The second kappa shape index (κ2) is 17.1. The van der Waals surface area contributed by atoms with Crippen LogP contribution in [0.5, 0.6) is 0 Å². The van der Waals surface area contributed by atoms with E-state index in [1.165, 1.54) is 12.1 Å². The highest BCUT2D eigenvalue weighted by atomic mass is 32.2. The van der Waals surface area contributed by atoms with Gasteiger partial charge in [0, 0.05) is 24.2 Å². The molecule has 0 unspecified atom stereocenters. The first-order valence-electron chi connectivity index (χ1n) is 14.4. The van der Waals surface area contributed by atoms with Crippen LogP contribution in [-0.4, -0.2) is 43.7 Å². The van der Waals surface area contributed by atoms with Crippen LogP contribution in [0.4, 0.5) is 17.1 Å². The molecule has 0 aliphatic rings. The van der Waals surface area contributed by atoms with Crippen molar-refractivity contribution in [3.8, 4) is 0 Å². The topological polar surface area (TPSA) is 196 Å². The van der Waals surface area contributed by atoms with Crippen molar-refractivity contribution in [3.05, 3.63) is 42.0 Å². The van der Waals surface area contributed by atoms with E-state index in [2.05, 4.69) is 29.8 Å². The van der Waals surface area contributed by atoms with Crippen molar-refractivity contribution in [2.75, 3.05) is 16.0 Å². The minimum absolute atomic E-state index is 0.0341. The van der Waals surface area contributed by atoms with Crippen LogP contribution >= 0.6 is 0 Å². The van der Waals surface area contributed by atoms with Gasteiger partial charge in [0.2, 0.25) is 11.8 Å². The number of hydrogen-bond donors (Lipinski definition) is 5. The Bertz CT molecular complexity index is 1490. The second-order valence-electron chi connectivity index (χ2n) is 10.3. The summed E-state index contributed by atoms with van der Waals surface area (Å²) in [5, 5.41) is 7.33. The molecular formula is C29H41N3O9S2. The van der Waals surface area contributed by atoms with Gasteiger partial charge in [-0.2, -0.15) is 16.8 Å². The van der Waals surface area contributed by atoms with Gasteiger partial charge < -0.3 is 16.0 Å². The molecule has 2 rings (SSSR count). The molecule has 2 aromatic carbocycles. The number of benzene rings is 2. The Hall–Kier alpha value is -3.33. The van der Waals surface area contributed by atoms with Gasteiger partial charge in [0.15, 0.2) is 0 Å². The van der Waals surface area contributed by atoms with E-state index in [-0.39, 0.29) is 36.0 Å². The fraction of sp³-hybridized carbons (Fsp3) is 0.483. The fourth-order valence-corrected chi connectivity index (χ4v) is 5.72. The largest absolute Gasteiger partial charge is 0.326 e. The lowest BCUT2D eigenvalue weighted by molar-refractivity contribution is -0.117. The standard InChI is InChI=1S/C29H41N3O9S2/c1-3-5-7-9-11-13-27(33)30-21-15-17-23(25(19-21)42(36,37)38)29(35)32-24-18-16-22(20-26(24)43(39,40)41)31-28(34)14-12-10-8-6-4-2/h15-20H,3-14H2,1-2H3,(H,30,33)(H,31,34)(H,32,35)(H,36,37,38)(H,39,40,41). The monoisotopic (exact) mass is 639 g/mol. The highest BCUT2D eigenvalue weighted by Gasteiger charge is 2.24. The average Bonchev–Trinajstić information content (AvgIpc) is 2.92. The van der Waals surface area contributed by atoms with Crippen LogP contribution in [0, 0.1) is 0 Å². The van der Waals surface area contributed by atoms with Gasteiger partial charge in [-0.05, 0) is 49.2 Å². The average molecular weight is 640 g/mol. The van der Waals surface area contributed by atoms with Crippen molar-refractivity contribution in [1.29, 1.82) is 0 Å². The molecule has 0 aliphatic heterocycles. The zero-order valence-electron chi connectivity index (χ0n) is 24.5. The predicted octanol–water partition coefficient (Wildman–Crippen LogP) is 6.03. The zero-order valence-corrected chi connectivity index (χ0v) is 26.2. The molecule has 12 nitrogen and oxygen atoms in total. The minimum Gasteiger partial charge on any atom is -0.326 e. The number of anilines is 3. The van der Waals surface area contributed by atoms with Crippen LogP contribution in [0.2, 0.25) is 0 Å². The highest BCUT2D eigenvalue weighted by Crippen LogP contribution is 2.28.